The third-order valence-corrected chi connectivity index (χ3v) is 4.56. The molecule has 0 saturated carbocycles. The molecule has 14 heavy (non-hydrogen) atoms. The summed E-state index contributed by atoms with van der Waals surface area (Å²) in [5, 5.41) is 6.66. The topological polar surface area (TPSA) is 44.4 Å². The van der Waals surface area contributed by atoms with Gasteiger partial charge in [0.05, 0.1) is 0 Å². The van der Waals surface area contributed by atoms with Crippen molar-refractivity contribution in [2.24, 2.45) is 0 Å². The number of rotatable bonds is 2. The Labute approximate surface area is 92.5 Å². The van der Waals surface area contributed by atoms with Gasteiger partial charge in [0, 0.05) is 31.5 Å². The first-order valence-corrected chi connectivity index (χ1v) is 6.87. The first-order chi connectivity index (χ1) is 6.79. The molecule has 2 rings (SSSR count). The van der Waals surface area contributed by atoms with E-state index in [1.165, 1.54) is 0 Å². The van der Waals surface area contributed by atoms with E-state index in [0.717, 1.165) is 24.6 Å². The van der Waals surface area contributed by atoms with Gasteiger partial charge in [-0.15, -0.1) is 23.5 Å². The SMILES string of the molecule is CC(=O)N(C1NCCS1)C1NCCS1. The third-order valence-electron chi connectivity index (χ3n) is 2.26. The van der Waals surface area contributed by atoms with Crippen molar-refractivity contribution in [2.45, 2.75) is 17.9 Å². The minimum absolute atomic E-state index is 0.142. The number of carbonyl (C=O) groups excluding carboxylic acids is 1. The van der Waals surface area contributed by atoms with Gasteiger partial charge in [-0.05, 0) is 0 Å². The van der Waals surface area contributed by atoms with Crippen LogP contribution in [0.1, 0.15) is 6.92 Å². The van der Waals surface area contributed by atoms with Gasteiger partial charge in [-0.25, -0.2) is 0 Å². The fourth-order valence-corrected chi connectivity index (χ4v) is 3.96. The van der Waals surface area contributed by atoms with Gasteiger partial charge in [0.25, 0.3) is 0 Å². The lowest BCUT2D eigenvalue weighted by Crippen LogP contribution is -2.51. The van der Waals surface area contributed by atoms with Crippen molar-refractivity contribution in [3.8, 4) is 0 Å². The van der Waals surface area contributed by atoms with E-state index in [4.69, 9.17) is 0 Å². The lowest BCUT2D eigenvalue weighted by Gasteiger charge is -2.32. The summed E-state index contributed by atoms with van der Waals surface area (Å²) in [6.07, 6.45) is 0. The minimum atomic E-state index is 0.142. The molecule has 4 nitrogen and oxygen atoms in total. The van der Waals surface area contributed by atoms with Gasteiger partial charge in [0.2, 0.25) is 5.91 Å². The maximum atomic E-state index is 11.5. The number of thioether (sulfide) groups is 2. The molecule has 0 aromatic carbocycles. The van der Waals surface area contributed by atoms with Gasteiger partial charge in [-0.2, -0.15) is 0 Å². The molecule has 80 valence electrons. The van der Waals surface area contributed by atoms with Crippen molar-refractivity contribution >= 4 is 29.4 Å². The molecule has 0 aliphatic carbocycles. The Hall–Kier alpha value is 0.0900. The minimum Gasteiger partial charge on any atom is -0.293 e. The molecule has 0 aromatic heterocycles. The molecule has 2 heterocycles. The standard InChI is InChI=1S/C8H15N3OS2/c1-6(12)11(7-9-2-4-13-7)8-10-3-5-14-8/h7-10H,2-5H2,1H3. The Morgan fingerprint density at radius 3 is 2.00 bits per heavy atom. The van der Waals surface area contributed by atoms with Crippen LogP contribution < -0.4 is 10.6 Å². The molecule has 0 aromatic rings. The third kappa shape index (κ3) is 2.18. The van der Waals surface area contributed by atoms with Crippen LogP contribution in [0.15, 0.2) is 0 Å². The summed E-state index contributed by atoms with van der Waals surface area (Å²) in [6.45, 7) is 3.63. The molecule has 2 saturated heterocycles. The van der Waals surface area contributed by atoms with Crippen LogP contribution in [0, 0.1) is 0 Å². The molecule has 1 amide bonds. The summed E-state index contributed by atoms with van der Waals surface area (Å²) < 4.78 is 0. The van der Waals surface area contributed by atoms with Gasteiger partial charge in [0.1, 0.15) is 11.0 Å². The molecule has 2 fully saturated rings. The van der Waals surface area contributed by atoms with Crippen molar-refractivity contribution in [3.63, 3.8) is 0 Å². The highest BCUT2D eigenvalue weighted by Gasteiger charge is 2.32. The zero-order valence-electron chi connectivity index (χ0n) is 8.16. The van der Waals surface area contributed by atoms with Crippen LogP contribution in [-0.4, -0.2) is 46.4 Å². The van der Waals surface area contributed by atoms with Gasteiger partial charge in [0.15, 0.2) is 0 Å². The van der Waals surface area contributed by atoms with Crippen molar-refractivity contribution in [3.05, 3.63) is 0 Å². The number of hydrogen-bond acceptors (Lipinski definition) is 5. The Bertz CT molecular complexity index is 199. The van der Waals surface area contributed by atoms with E-state index < -0.39 is 0 Å². The van der Waals surface area contributed by atoms with Gasteiger partial charge in [-0.3, -0.25) is 20.3 Å². The largest absolute Gasteiger partial charge is 0.293 e. The summed E-state index contributed by atoms with van der Waals surface area (Å²) in [6, 6.07) is 0. The second-order valence-corrected chi connectivity index (χ2v) is 5.66. The molecule has 2 aliphatic heterocycles. The Morgan fingerprint density at radius 2 is 1.71 bits per heavy atom. The summed E-state index contributed by atoms with van der Waals surface area (Å²) in [5.41, 5.74) is 0.325. The second kappa shape index (κ2) is 4.74. The van der Waals surface area contributed by atoms with Crippen molar-refractivity contribution in [1.82, 2.24) is 15.5 Å². The number of hydrogen-bond donors (Lipinski definition) is 2. The van der Waals surface area contributed by atoms with Crippen molar-refractivity contribution in [1.29, 1.82) is 0 Å². The van der Waals surface area contributed by atoms with E-state index in [1.54, 1.807) is 30.4 Å². The molecule has 2 aliphatic rings. The fourth-order valence-electron chi connectivity index (χ4n) is 1.63. The lowest BCUT2D eigenvalue weighted by atomic mass is 10.5. The van der Waals surface area contributed by atoms with Crippen LogP contribution >= 0.6 is 23.5 Å². The van der Waals surface area contributed by atoms with E-state index in [0.29, 0.717) is 0 Å². The van der Waals surface area contributed by atoms with E-state index in [2.05, 4.69) is 10.6 Å². The lowest BCUT2D eigenvalue weighted by molar-refractivity contribution is -0.130. The van der Waals surface area contributed by atoms with Crippen molar-refractivity contribution < 1.29 is 4.79 Å². The smallest absolute Gasteiger partial charge is 0.223 e. The highest BCUT2D eigenvalue weighted by molar-refractivity contribution is 8.00. The molecule has 0 bridgehead atoms. The summed E-state index contributed by atoms with van der Waals surface area (Å²) in [7, 11) is 0. The fraction of sp³-hybridized carbons (Fsp3) is 0.875. The molecule has 0 radical (unpaired) electrons. The maximum absolute atomic E-state index is 11.5. The van der Waals surface area contributed by atoms with Crippen LogP contribution in [0.5, 0.6) is 0 Å². The van der Waals surface area contributed by atoms with Crippen LogP contribution in [-0.2, 0) is 4.79 Å². The van der Waals surface area contributed by atoms with Gasteiger partial charge < -0.3 is 0 Å². The van der Waals surface area contributed by atoms with E-state index in [-0.39, 0.29) is 16.9 Å². The maximum Gasteiger partial charge on any atom is 0.223 e. The van der Waals surface area contributed by atoms with Crippen LogP contribution in [0.4, 0.5) is 0 Å². The van der Waals surface area contributed by atoms with Crippen LogP contribution in [0.2, 0.25) is 0 Å². The first-order valence-electron chi connectivity index (χ1n) is 4.78. The summed E-state index contributed by atoms with van der Waals surface area (Å²) in [4.78, 5) is 13.4. The summed E-state index contributed by atoms with van der Waals surface area (Å²) in [5.74, 6) is 2.32. The number of amides is 1. The molecule has 2 N–H and O–H groups in total. The molecular weight excluding hydrogens is 218 g/mol. The average Bonchev–Trinajstić information content (AvgIpc) is 2.75. The summed E-state index contributed by atoms with van der Waals surface area (Å²) >= 11 is 3.61. The normalized spacial score (nSPS) is 32.1. The zero-order valence-corrected chi connectivity index (χ0v) is 9.79. The van der Waals surface area contributed by atoms with Crippen LogP contribution in [0.25, 0.3) is 0 Å². The highest BCUT2D eigenvalue weighted by atomic mass is 32.2. The quantitative estimate of drug-likeness (QED) is 0.707. The Morgan fingerprint density at radius 1 is 1.21 bits per heavy atom. The molecule has 2 atom stereocenters. The van der Waals surface area contributed by atoms with Gasteiger partial charge >= 0.3 is 0 Å². The molecule has 6 heteroatoms. The Balaban J connectivity index is 2.02. The van der Waals surface area contributed by atoms with Crippen molar-refractivity contribution in [2.75, 3.05) is 24.6 Å². The predicted octanol–water partition coefficient (Wildman–Crippen LogP) is 0.0749. The monoisotopic (exact) mass is 233 g/mol. The second-order valence-electron chi connectivity index (χ2n) is 3.28. The van der Waals surface area contributed by atoms with E-state index in [9.17, 15) is 4.79 Å². The number of carbonyl (C=O) groups is 1. The number of nitrogens with one attached hydrogen (secondary N) is 2. The Kier molecular flexibility index (Phi) is 3.59. The predicted molar refractivity (Wildman–Crippen MR) is 61.0 cm³/mol. The molecule has 0 spiro atoms. The van der Waals surface area contributed by atoms with Crippen LogP contribution in [0.3, 0.4) is 0 Å². The average molecular weight is 233 g/mol. The van der Waals surface area contributed by atoms with E-state index >= 15 is 0 Å². The van der Waals surface area contributed by atoms with Gasteiger partial charge in [-0.1, -0.05) is 0 Å². The highest BCUT2D eigenvalue weighted by Crippen LogP contribution is 2.26. The van der Waals surface area contributed by atoms with E-state index in [1.807, 2.05) is 4.90 Å². The molecular formula is C8H15N3OS2. The number of nitrogens with zero attached hydrogens (tertiary/aromatic N) is 1. The first kappa shape index (κ1) is 10.6. The molecule has 2 unspecified atom stereocenters. The zero-order chi connectivity index (χ0) is 9.97.